The van der Waals surface area contributed by atoms with E-state index in [1.54, 1.807) is 24.3 Å². The van der Waals surface area contributed by atoms with Crippen molar-refractivity contribution in [1.29, 1.82) is 0 Å². The van der Waals surface area contributed by atoms with E-state index in [4.69, 9.17) is 0 Å². The van der Waals surface area contributed by atoms with E-state index >= 15 is 0 Å². The molecule has 82 valence electrons. The molecule has 0 N–H and O–H groups in total. The maximum absolute atomic E-state index is 11.8. The molecule has 0 amide bonds. The zero-order valence-electron chi connectivity index (χ0n) is 7.93. The monoisotopic (exact) mass is 224 g/mol. The Labute approximate surface area is 88.9 Å². The minimum absolute atomic E-state index is 0.237. The van der Waals surface area contributed by atoms with Crippen molar-refractivity contribution in [1.82, 2.24) is 9.97 Å². The second-order valence-electron chi connectivity index (χ2n) is 2.91. The number of carbonyl (C=O) groups is 1. The molecule has 4 nitrogen and oxygen atoms in total. The summed E-state index contributed by atoms with van der Waals surface area (Å²) < 4.78 is 27.3. The lowest BCUT2D eigenvalue weighted by Gasteiger charge is -2.02. The molecule has 0 saturated heterocycles. The fourth-order valence-electron chi connectivity index (χ4n) is 1.20. The van der Waals surface area contributed by atoms with Crippen molar-refractivity contribution < 1.29 is 18.3 Å². The number of hydrogen-bond donors (Lipinski definition) is 0. The zero-order valence-corrected chi connectivity index (χ0v) is 7.93. The van der Waals surface area contributed by atoms with E-state index in [1.165, 1.54) is 0 Å². The van der Waals surface area contributed by atoms with Crippen LogP contribution in [0.4, 0.5) is 8.78 Å². The number of benzene rings is 1. The van der Waals surface area contributed by atoms with Gasteiger partial charge >= 0.3 is 12.6 Å². The predicted molar refractivity (Wildman–Crippen MR) is 51.0 cm³/mol. The van der Waals surface area contributed by atoms with Gasteiger partial charge in [0.2, 0.25) is 0 Å². The lowest BCUT2D eigenvalue weighted by atomic mass is 10.3. The second-order valence-corrected chi connectivity index (χ2v) is 2.91. The lowest BCUT2D eigenvalue weighted by Crippen LogP contribution is -2.11. The van der Waals surface area contributed by atoms with Gasteiger partial charge in [-0.1, -0.05) is 12.1 Å². The normalized spacial score (nSPS) is 10.7. The highest BCUT2D eigenvalue weighted by atomic mass is 19.3. The molecule has 0 spiro atoms. The summed E-state index contributed by atoms with van der Waals surface area (Å²) in [6.45, 7) is -3.15. The summed E-state index contributed by atoms with van der Waals surface area (Å²) in [5, 5.41) is 0. The molecule has 1 heterocycles. The van der Waals surface area contributed by atoms with Gasteiger partial charge in [-0.05, 0) is 12.1 Å². The Bertz CT molecular complexity index is 531. The van der Waals surface area contributed by atoms with E-state index < -0.39 is 12.6 Å². The molecule has 1 aromatic heterocycles. The van der Waals surface area contributed by atoms with Crippen LogP contribution in [0.15, 0.2) is 30.5 Å². The molecule has 0 saturated carbocycles. The quantitative estimate of drug-likeness (QED) is 0.732. The van der Waals surface area contributed by atoms with E-state index in [9.17, 15) is 13.6 Å². The van der Waals surface area contributed by atoms with E-state index in [0.717, 1.165) is 6.20 Å². The molecule has 0 bridgehead atoms. The van der Waals surface area contributed by atoms with Gasteiger partial charge < -0.3 is 4.74 Å². The van der Waals surface area contributed by atoms with Crippen molar-refractivity contribution in [3.05, 3.63) is 36.2 Å². The van der Waals surface area contributed by atoms with Crippen LogP contribution in [0.5, 0.6) is 0 Å². The van der Waals surface area contributed by atoms with Crippen molar-refractivity contribution in [2.45, 2.75) is 6.61 Å². The van der Waals surface area contributed by atoms with Crippen LogP contribution in [-0.2, 0) is 4.74 Å². The average Bonchev–Trinajstić information content (AvgIpc) is 2.27. The SMILES string of the molecule is O=C(OC(F)F)c1cnc2ccccc2n1. The number of hydrogen-bond acceptors (Lipinski definition) is 4. The fourth-order valence-corrected chi connectivity index (χ4v) is 1.20. The number of esters is 1. The Kier molecular flexibility index (Phi) is 2.72. The molecule has 6 heteroatoms. The first-order chi connectivity index (χ1) is 7.66. The number of alkyl halides is 2. The first-order valence-electron chi connectivity index (χ1n) is 4.38. The molecule has 1 aromatic carbocycles. The molecule has 0 aliphatic carbocycles. The van der Waals surface area contributed by atoms with Crippen molar-refractivity contribution >= 4 is 17.0 Å². The van der Waals surface area contributed by atoms with E-state index in [2.05, 4.69) is 14.7 Å². The summed E-state index contributed by atoms with van der Waals surface area (Å²) in [5.41, 5.74) is 0.793. The third-order valence-corrected chi connectivity index (χ3v) is 1.85. The van der Waals surface area contributed by atoms with E-state index in [1.807, 2.05) is 0 Å². The molecular weight excluding hydrogens is 218 g/mol. The molecule has 0 aliphatic rings. The van der Waals surface area contributed by atoms with Crippen molar-refractivity contribution in [2.24, 2.45) is 0 Å². The summed E-state index contributed by atoms with van der Waals surface area (Å²) in [7, 11) is 0. The van der Waals surface area contributed by atoms with Crippen LogP contribution in [0, 0.1) is 0 Å². The zero-order chi connectivity index (χ0) is 11.5. The summed E-state index contributed by atoms with van der Waals surface area (Å²) >= 11 is 0. The number of ether oxygens (including phenoxy) is 1. The van der Waals surface area contributed by atoms with E-state index in [0.29, 0.717) is 11.0 Å². The number of aromatic nitrogens is 2. The molecular formula is C10H6F2N2O2. The van der Waals surface area contributed by atoms with Gasteiger partial charge in [0.25, 0.3) is 0 Å². The number of carbonyl (C=O) groups excluding carboxylic acids is 1. The van der Waals surface area contributed by atoms with E-state index in [-0.39, 0.29) is 5.69 Å². The molecule has 2 aromatic rings. The standard InChI is InChI=1S/C10H6F2N2O2/c11-10(12)16-9(15)8-5-13-6-3-1-2-4-7(6)14-8/h1-5,10H. The topological polar surface area (TPSA) is 52.1 Å². The van der Waals surface area contributed by atoms with Crippen LogP contribution in [-0.4, -0.2) is 22.5 Å². The van der Waals surface area contributed by atoms with Crippen molar-refractivity contribution in [3.8, 4) is 0 Å². The first-order valence-corrected chi connectivity index (χ1v) is 4.38. The van der Waals surface area contributed by atoms with Crippen LogP contribution >= 0.6 is 0 Å². The Balaban J connectivity index is 2.35. The van der Waals surface area contributed by atoms with Crippen LogP contribution in [0.3, 0.4) is 0 Å². The second kappa shape index (κ2) is 4.18. The Morgan fingerprint density at radius 2 is 1.94 bits per heavy atom. The highest BCUT2D eigenvalue weighted by Gasteiger charge is 2.15. The van der Waals surface area contributed by atoms with Gasteiger partial charge in [0, 0.05) is 0 Å². The third kappa shape index (κ3) is 2.10. The minimum atomic E-state index is -3.15. The van der Waals surface area contributed by atoms with Crippen molar-refractivity contribution in [2.75, 3.05) is 0 Å². The first kappa shape index (κ1) is 10.4. The van der Waals surface area contributed by atoms with Crippen LogP contribution in [0.25, 0.3) is 11.0 Å². The highest BCUT2D eigenvalue weighted by Crippen LogP contribution is 2.10. The Hall–Kier alpha value is -2.11. The molecule has 2 rings (SSSR count). The number of halogens is 2. The molecule has 0 unspecified atom stereocenters. The van der Waals surface area contributed by atoms with Crippen LogP contribution < -0.4 is 0 Å². The molecule has 0 aliphatic heterocycles. The number of nitrogens with zero attached hydrogens (tertiary/aromatic N) is 2. The summed E-state index contributed by atoms with van der Waals surface area (Å²) in [4.78, 5) is 18.9. The largest absolute Gasteiger partial charge is 0.398 e. The van der Waals surface area contributed by atoms with Crippen molar-refractivity contribution in [3.63, 3.8) is 0 Å². The third-order valence-electron chi connectivity index (χ3n) is 1.85. The number of rotatable bonds is 2. The van der Waals surface area contributed by atoms with Gasteiger partial charge in [0.05, 0.1) is 17.2 Å². The highest BCUT2D eigenvalue weighted by molar-refractivity contribution is 5.89. The summed E-state index contributed by atoms with van der Waals surface area (Å²) in [5.74, 6) is -1.19. The molecule has 0 fully saturated rings. The molecule has 16 heavy (non-hydrogen) atoms. The van der Waals surface area contributed by atoms with Gasteiger partial charge in [0.15, 0.2) is 5.69 Å². The van der Waals surface area contributed by atoms with Gasteiger partial charge in [-0.25, -0.2) is 9.78 Å². The van der Waals surface area contributed by atoms with Gasteiger partial charge in [0.1, 0.15) is 0 Å². The van der Waals surface area contributed by atoms with Gasteiger partial charge in [-0.2, -0.15) is 8.78 Å². The fraction of sp³-hybridized carbons (Fsp3) is 0.100. The maximum Gasteiger partial charge on any atom is 0.389 e. The Morgan fingerprint density at radius 3 is 2.62 bits per heavy atom. The predicted octanol–water partition coefficient (Wildman–Crippen LogP) is 2.01. The van der Waals surface area contributed by atoms with Gasteiger partial charge in [-0.3, -0.25) is 4.98 Å². The number of para-hydroxylation sites is 2. The summed E-state index contributed by atoms with van der Waals surface area (Å²) in [6, 6.07) is 6.79. The summed E-state index contributed by atoms with van der Waals surface area (Å²) in [6.07, 6.45) is 1.10. The Morgan fingerprint density at radius 1 is 1.25 bits per heavy atom. The molecule has 0 radical (unpaired) electrons. The van der Waals surface area contributed by atoms with Crippen LogP contribution in [0.2, 0.25) is 0 Å². The maximum atomic E-state index is 11.8. The number of fused-ring (bicyclic) bond motifs is 1. The smallest absolute Gasteiger partial charge is 0.389 e. The van der Waals surface area contributed by atoms with Crippen LogP contribution in [0.1, 0.15) is 10.5 Å². The average molecular weight is 224 g/mol. The van der Waals surface area contributed by atoms with Gasteiger partial charge in [-0.15, -0.1) is 0 Å². The lowest BCUT2D eigenvalue weighted by molar-refractivity contribution is -0.0909. The minimum Gasteiger partial charge on any atom is -0.398 e. The molecule has 0 atom stereocenters.